The number of benzene rings is 1. The molecule has 0 radical (unpaired) electrons. The predicted molar refractivity (Wildman–Crippen MR) is 63.2 cm³/mol. The second-order valence-corrected chi connectivity index (χ2v) is 5.46. The lowest BCUT2D eigenvalue weighted by molar-refractivity contribution is -0.137. The van der Waals surface area contributed by atoms with E-state index in [2.05, 4.69) is 5.32 Å². The molecule has 1 fully saturated rings. The molecule has 1 aromatic carbocycles. The normalized spacial score (nSPS) is 25.8. The standard InChI is InChI=1S/C13H15F4NO/c1-12(2)10(6-11(12)19)18-9-4-3-7(5-8(9)14)13(15,16)17/h3-5,10-11,18-19H,6H2,1-2H3. The maximum absolute atomic E-state index is 13.6. The number of alkyl halides is 3. The van der Waals surface area contributed by atoms with E-state index in [4.69, 9.17) is 0 Å². The Hall–Kier alpha value is -1.30. The van der Waals surface area contributed by atoms with E-state index in [0.717, 1.165) is 12.1 Å². The average Bonchev–Trinajstić information content (AvgIpc) is 2.29. The number of hydrogen-bond donors (Lipinski definition) is 2. The lowest BCUT2D eigenvalue weighted by Gasteiger charge is -2.49. The van der Waals surface area contributed by atoms with E-state index in [1.165, 1.54) is 0 Å². The summed E-state index contributed by atoms with van der Waals surface area (Å²) in [5.74, 6) is -0.938. The summed E-state index contributed by atoms with van der Waals surface area (Å²) in [5.41, 5.74) is -1.41. The van der Waals surface area contributed by atoms with Gasteiger partial charge in [0, 0.05) is 11.5 Å². The summed E-state index contributed by atoms with van der Waals surface area (Å²) in [6, 6.07) is 2.24. The molecular weight excluding hydrogens is 262 g/mol. The lowest BCUT2D eigenvalue weighted by Crippen LogP contribution is -2.57. The fraction of sp³-hybridized carbons (Fsp3) is 0.538. The monoisotopic (exact) mass is 277 g/mol. The molecule has 6 heteroatoms. The van der Waals surface area contributed by atoms with Crippen molar-refractivity contribution in [2.75, 3.05) is 5.32 Å². The second kappa shape index (κ2) is 4.37. The number of aliphatic hydroxyl groups is 1. The Morgan fingerprint density at radius 1 is 1.32 bits per heavy atom. The topological polar surface area (TPSA) is 32.3 Å². The molecule has 1 saturated carbocycles. The number of aliphatic hydroxyl groups excluding tert-OH is 1. The smallest absolute Gasteiger partial charge is 0.392 e. The van der Waals surface area contributed by atoms with Crippen molar-refractivity contribution in [2.45, 2.75) is 38.6 Å². The van der Waals surface area contributed by atoms with Crippen LogP contribution in [0.15, 0.2) is 18.2 Å². The highest BCUT2D eigenvalue weighted by Gasteiger charge is 2.47. The summed E-state index contributed by atoms with van der Waals surface area (Å²) in [7, 11) is 0. The van der Waals surface area contributed by atoms with Crippen molar-refractivity contribution in [2.24, 2.45) is 5.41 Å². The summed E-state index contributed by atoms with van der Waals surface area (Å²) in [4.78, 5) is 0. The van der Waals surface area contributed by atoms with Crippen LogP contribution in [0, 0.1) is 11.2 Å². The van der Waals surface area contributed by atoms with Gasteiger partial charge in [0.25, 0.3) is 0 Å². The van der Waals surface area contributed by atoms with Crippen LogP contribution in [0.5, 0.6) is 0 Å². The molecule has 1 aliphatic carbocycles. The predicted octanol–water partition coefficient (Wildman–Crippen LogP) is 3.42. The summed E-state index contributed by atoms with van der Waals surface area (Å²) < 4.78 is 50.8. The Labute approximate surface area is 108 Å². The van der Waals surface area contributed by atoms with Gasteiger partial charge in [0.2, 0.25) is 0 Å². The van der Waals surface area contributed by atoms with Gasteiger partial charge in [-0.25, -0.2) is 4.39 Å². The van der Waals surface area contributed by atoms with Crippen molar-refractivity contribution in [3.05, 3.63) is 29.6 Å². The maximum atomic E-state index is 13.6. The van der Waals surface area contributed by atoms with Crippen molar-refractivity contribution in [1.82, 2.24) is 0 Å². The van der Waals surface area contributed by atoms with E-state index < -0.39 is 29.1 Å². The molecule has 106 valence electrons. The third-order valence-electron chi connectivity index (χ3n) is 3.84. The fourth-order valence-corrected chi connectivity index (χ4v) is 2.14. The molecular formula is C13H15F4NO. The van der Waals surface area contributed by atoms with E-state index >= 15 is 0 Å². The molecule has 2 unspecified atom stereocenters. The largest absolute Gasteiger partial charge is 0.416 e. The molecule has 0 bridgehead atoms. The first-order valence-electron chi connectivity index (χ1n) is 5.93. The van der Waals surface area contributed by atoms with E-state index in [-0.39, 0.29) is 11.7 Å². The van der Waals surface area contributed by atoms with E-state index in [1.807, 2.05) is 13.8 Å². The molecule has 0 spiro atoms. The molecule has 0 aliphatic heterocycles. The molecule has 0 amide bonds. The van der Waals surface area contributed by atoms with E-state index in [9.17, 15) is 22.7 Å². The molecule has 0 saturated heterocycles. The van der Waals surface area contributed by atoms with Gasteiger partial charge in [0.1, 0.15) is 5.82 Å². The van der Waals surface area contributed by atoms with Crippen molar-refractivity contribution in [3.63, 3.8) is 0 Å². The second-order valence-electron chi connectivity index (χ2n) is 5.46. The zero-order chi connectivity index (χ0) is 14.4. The minimum absolute atomic E-state index is 0.0259. The molecule has 19 heavy (non-hydrogen) atoms. The molecule has 0 aromatic heterocycles. The van der Waals surface area contributed by atoms with Gasteiger partial charge in [0.15, 0.2) is 0 Å². The van der Waals surface area contributed by atoms with Crippen LogP contribution in [0.1, 0.15) is 25.8 Å². The maximum Gasteiger partial charge on any atom is 0.416 e. The molecule has 2 N–H and O–H groups in total. The Morgan fingerprint density at radius 2 is 1.95 bits per heavy atom. The van der Waals surface area contributed by atoms with Gasteiger partial charge in [-0.05, 0) is 24.6 Å². The fourth-order valence-electron chi connectivity index (χ4n) is 2.14. The number of rotatable bonds is 2. The Kier molecular flexibility index (Phi) is 3.24. The van der Waals surface area contributed by atoms with Gasteiger partial charge in [-0.1, -0.05) is 13.8 Å². The highest BCUT2D eigenvalue weighted by atomic mass is 19.4. The summed E-state index contributed by atoms with van der Waals surface area (Å²) in [6.45, 7) is 3.64. The highest BCUT2D eigenvalue weighted by Crippen LogP contribution is 2.42. The number of halogens is 4. The van der Waals surface area contributed by atoms with Gasteiger partial charge in [0.05, 0.1) is 17.4 Å². The average molecular weight is 277 g/mol. The summed E-state index contributed by atoms with van der Waals surface area (Å²) in [5, 5.41) is 12.4. The van der Waals surface area contributed by atoms with Crippen molar-refractivity contribution < 1.29 is 22.7 Å². The first-order valence-corrected chi connectivity index (χ1v) is 5.93. The van der Waals surface area contributed by atoms with Crippen molar-refractivity contribution in [1.29, 1.82) is 0 Å². The van der Waals surface area contributed by atoms with Crippen LogP contribution in [0.2, 0.25) is 0 Å². The molecule has 2 nitrogen and oxygen atoms in total. The summed E-state index contributed by atoms with van der Waals surface area (Å²) in [6.07, 6.45) is -4.58. The van der Waals surface area contributed by atoms with Gasteiger partial charge in [-0.3, -0.25) is 0 Å². The first kappa shape index (κ1) is 14.1. The lowest BCUT2D eigenvalue weighted by atomic mass is 9.64. The van der Waals surface area contributed by atoms with Gasteiger partial charge in [-0.15, -0.1) is 0 Å². The molecule has 0 heterocycles. The number of hydrogen-bond acceptors (Lipinski definition) is 2. The van der Waals surface area contributed by atoms with Crippen molar-refractivity contribution in [3.8, 4) is 0 Å². The third-order valence-corrected chi connectivity index (χ3v) is 3.84. The minimum Gasteiger partial charge on any atom is -0.392 e. The SMILES string of the molecule is CC1(C)C(O)CC1Nc1ccc(C(F)(F)F)cc1F. The quantitative estimate of drug-likeness (QED) is 0.812. The Balaban J connectivity index is 2.15. The van der Waals surface area contributed by atoms with Gasteiger partial charge >= 0.3 is 6.18 Å². The van der Waals surface area contributed by atoms with Crippen LogP contribution in [-0.4, -0.2) is 17.3 Å². The zero-order valence-corrected chi connectivity index (χ0v) is 10.6. The van der Waals surface area contributed by atoms with Crippen LogP contribution in [-0.2, 0) is 6.18 Å². The Bertz CT molecular complexity index is 484. The highest BCUT2D eigenvalue weighted by molar-refractivity contribution is 5.48. The zero-order valence-electron chi connectivity index (χ0n) is 10.6. The van der Waals surface area contributed by atoms with Crippen LogP contribution >= 0.6 is 0 Å². The number of anilines is 1. The Morgan fingerprint density at radius 3 is 2.37 bits per heavy atom. The van der Waals surface area contributed by atoms with Gasteiger partial charge < -0.3 is 10.4 Å². The molecule has 1 aliphatic rings. The molecule has 2 atom stereocenters. The first-order chi connectivity index (χ1) is 8.62. The number of nitrogens with one attached hydrogen (secondary N) is 1. The van der Waals surface area contributed by atoms with Crippen molar-refractivity contribution >= 4 is 5.69 Å². The molecule has 2 rings (SSSR count). The van der Waals surface area contributed by atoms with E-state index in [0.29, 0.717) is 12.5 Å². The van der Waals surface area contributed by atoms with Crippen LogP contribution in [0.4, 0.5) is 23.2 Å². The van der Waals surface area contributed by atoms with Crippen LogP contribution in [0.3, 0.4) is 0 Å². The van der Waals surface area contributed by atoms with Crippen LogP contribution < -0.4 is 5.32 Å². The summed E-state index contributed by atoms with van der Waals surface area (Å²) >= 11 is 0. The minimum atomic E-state index is -4.55. The molecule has 1 aromatic rings. The third kappa shape index (κ3) is 2.54. The van der Waals surface area contributed by atoms with E-state index in [1.54, 1.807) is 0 Å². The van der Waals surface area contributed by atoms with Crippen LogP contribution in [0.25, 0.3) is 0 Å². The van der Waals surface area contributed by atoms with Gasteiger partial charge in [-0.2, -0.15) is 13.2 Å².